The van der Waals surface area contributed by atoms with Crippen molar-refractivity contribution in [3.05, 3.63) is 22.3 Å². The fourth-order valence-corrected chi connectivity index (χ4v) is 2.63. The van der Waals surface area contributed by atoms with Gasteiger partial charge in [0, 0.05) is 17.2 Å². The van der Waals surface area contributed by atoms with Crippen molar-refractivity contribution in [1.82, 2.24) is 4.98 Å². The maximum atomic E-state index is 4.38. The number of pyridine rings is 1. The Labute approximate surface area is 99.6 Å². The van der Waals surface area contributed by atoms with E-state index >= 15 is 0 Å². The van der Waals surface area contributed by atoms with Crippen LogP contribution in [-0.4, -0.2) is 11.5 Å². The SMILES string of the molecule is Cc1cc(Br)cnc1NCC1CCCC1. The second-order valence-electron chi connectivity index (χ2n) is 4.35. The van der Waals surface area contributed by atoms with Gasteiger partial charge in [0.1, 0.15) is 5.82 Å². The number of aromatic nitrogens is 1. The van der Waals surface area contributed by atoms with E-state index in [9.17, 15) is 0 Å². The van der Waals surface area contributed by atoms with Gasteiger partial charge in [-0.25, -0.2) is 4.98 Å². The molecule has 0 unspecified atom stereocenters. The molecule has 1 aromatic rings. The van der Waals surface area contributed by atoms with Crippen LogP contribution < -0.4 is 5.32 Å². The fraction of sp³-hybridized carbons (Fsp3) is 0.583. The monoisotopic (exact) mass is 268 g/mol. The standard InChI is InChI=1S/C12H17BrN2/c1-9-6-11(13)8-15-12(9)14-7-10-4-2-3-5-10/h6,8,10H,2-5,7H2,1H3,(H,14,15). The topological polar surface area (TPSA) is 24.9 Å². The molecule has 0 atom stereocenters. The van der Waals surface area contributed by atoms with Crippen molar-refractivity contribution in [2.24, 2.45) is 5.92 Å². The molecule has 0 bridgehead atoms. The Hall–Kier alpha value is -0.570. The molecule has 0 amide bonds. The van der Waals surface area contributed by atoms with Gasteiger partial charge in [0.25, 0.3) is 0 Å². The Balaban J connectivity index is 1.92. The van der Waals surface area contributed by atoms with Gasteiger partial charge in [0.05, 0.1) is 0 Å². The molecule has 0 saturated heterocycles. The molecule has 1 N–H and O–H groups in total. The first-order valence-electron chi connectivity index (χ1n) is 5.62. The van der Waals surface area contributed by atoms with Crippen molar-refractivity contribution < 1.29 is 0 Å². The van der Waals surface area contributed by atoms with Crippen LogP contribution in [0.4, 0.5) is 5.82 Å². The maximum absolute atomic E-state index is 4.38. The molecule has 1 saturated carbocycles. The summed E-state index contributed by atoms with van der Waals surface area (Å²) in [4.78, 5) is 4.38. The van der Waals surface area contributed by atoms with Crippen LogP contribution in [0.15, 0.2) is 16.7 Å². The van der Waals surface area contributed by atoms with Crippen LogP contribution >= 0.6 is 15.9 Å². The second kappa shape index (κ2) is 4.97. The van der Waals surface area contributed by atoms with Gasteiger partial charge in [-0.05, 0) is 53.2 Å². The van der Waals surface area contributed by atoms with E-state index in [-0.39, 0.29) is 0 Å². The Kier molecular flexibility index (Phi) is 3.62. The maximum Gasteiger partial charge on any atom is 0.128 e. The zero-order valence-electron chi connectivity index (χ0n) is 9.09. The number of rotatable bonds is 3. The number of nitrogens with zero attached hydrogens (tertiary/aromatic N) is 1. The van der Waals surface area contributed by atoms with Gasteiger partial charge in [-0.3, -0.25) is 0 Å². The number of anilines is 1. The van der Waals surface area contributed by atoms with E-state index in [0.717, 1.165) is 22.8 Å². The third-order valence-corrected chi connectivity index (χ3v) is 3.51. The zero-order valence-corrected chi connectivity index (χ0v) is 10.7. The van der Waals surface area contributed by atoms with Gasteiger partial charge in [-0.1, -0.05) is 12.8 Å². The first kappa shape index (κ1) is 10.9. The summed E-state index contributed by atoms with van der Waals surface area (Å²) in [6.45, 7) is 3.17. The molecule has 0 aromatic carbocycles. The molecule has 1 aliphatic rings. The fourth-order valence-electron chi connectivity index (χ4n) is 2.18. The summed E-state index contributed by atoms with van der Waals surface area (Å²) in [5, 5.41) is 3.45. The van der Waals surface area contributed by atoms with Crippen LogP contribution in [0.1, 0.15) is 31.2 Å². The minimum atomic E-state index is 0.856. The van der Waals surface area contributed by atoms with E-state index in [1.165, 1.54) is 31.2 Å². The number of nitrogens with one attached hydrogen (secondary N) is 1. The van der Waals surface area contributed by atoms with Crippen LogP contribution in [-0.2, 0) is 0 Å². The summed E-state index contributed by atoms with van der Waals surface area (Å²) in [5.41, 5.74) is 1.21. The van der Waals surface area contributed by atoms with Crippen LogP contribution in [0.2, 0.25) is 0 Å². The van der Waals surface area contributed by atoms with Gasteiger partial charge in [0.2, 0.25) is 0 Å². The Morgan fingerprint density at radius 2 is 2.20 bits per heavy atom. The lowest BCUT2D eigenvalue weighted by Crippen LogP contribution is -2.12. The molecule has 15 heavy (non-hydrogen) atoms. The lowest BCUT2D eigenvalue weighted by atomic mass is 10.1. The van der Waals surface area contributed by atoms with E-state index in [4.69, 9.17) is 0 Å². The van der Waals surface area contributed by atoms with Gasteiger partial charge >= 0.3 is 0 Å². The van der Waals surface area contributed by atoms with E-state index in [1.807, 2.05) is 6.20 Å². The predicted octanol–water partition coefficient (Wildman–Crippen LogP) is 3.75. The Morgan fingerprint density at radius 3 is 2.87 bits per heavy atom. The summed E-state index contributed by atoms with van der Waals surface area (Å²) >= 11 is 3.42. The molecule has 1 heterocycles. The average Bonchev–Trinajstić information content (AvgIpc) is 2.69. The zero-order chi connectivity index (χ0) is 10.7. The van der Waals surface area contributed by atoms with Crippen molar-refractivity contribution >= 4 is 21.7 Å². The first-order chi connectivity index (χ1) is 7.25. The summed E-state index contributed by atoms with van der Waals surface area (Å²) in [5.74, 6) is 1.89. The van der Waals surface area contributed by atoms with Crippen LogP contribution in [0.25, 0.3) is 0 Å². The molecule has 1 fully saturated rings. The smallest absolute Gasteiger partial charge is 0.128 e. The van der Waals surface area contributed by atoms with Crippen LogP contribution in [0.3, 0.4) is 0 Å². The summed E-state index contributed by atoms with van der Waals surface area (Å²) < 4.78 is 1.05. The number of hydrogen-bond donors (Lipinski definition) is 1. The summed E-state index contributed by atoms with van der Waals surface area (Å²) in [6.07, 6.45) is 7.41. The predicted molar refractivity (Wildman–Crippen MR) is 67.1 cm³/mol. The van der Waals surface area contributed by atoms with Crippen molar-refractivity contribution in [3.8, 4) is 0 Å². The van der Waals surface area contributed by atoms with Crippen molar-refractivity contribution in [2.45, 2.75) is 32.6 Å². The average molecular weight is 269 g/mol. The molecule has 3 heteroatoms. The highest BCUT2D eigenvalue weighted by molar-refractivity contribution is 9.10. The van der Waals surface area contributed by atoms with Crippen molar-refractivity contribution in [1.29, 1.82) is 0 Å². The molecular weight excluding hydrogens is 252 g/mol. The molecule has 0 spiro atoms. The van der Waals surface area contributed by atoms with E-state index in [2.05, 4.69) is 39.2 Å². The largest absolute Gasteiger partial charge is 0.370 e. The van der Waals surface area contributed by atoms with Gasteiger partial charge in [-0.2, -0.15) is 0 Å². The number of aryl methyl sites for hydroxylation is 1. The third-order valence-electron chi connectivity index (χ3n) is 3.08. The highest BCUT2D eigenvalue weighted by Crippen LogP contribution is 2.25. The minimum Gasteiger partial charge on any atom is -0.370 e. The van der Waals surface area contributed by atoms with Gasteiger partial charge in [0.15, 0.2) is 0 Å². The van der Waals surface area contributed by atoms with Crippen LogP contribution in [0, 0.1) is 12.8 Å². The molecule has 2 rings (SSSR count). The molecule has 0 aliphatic heterocycles. The van der Waals surface area contributed by atoms with E-state index in [0.29, 0.717) is 0 Å². The molecule has 1 aromatic heterocycles. The minimum absolute atomic E-state index is 0.856. The highest BCUT2D eigenvalue weighted by atomic mass is 79.9. The number of halogens is 1. The lowest BCUT2D eigenvalue weighted by molar-refractivity contribution is 0.578. The molecule has 2 nitrogen and oxygen atoms in total. The van der Waals surface area contributed by atoms with Crippen molar-refractivity contribution in [3.63, 3.8) is 0 Å². The molecule has 1 aliphatic carbocycles. The van der Waals surface area contributed by atoms with Crippen LogP contribution in [0.5, 0.6) is 0 Å². The normalized spacial score (nSPS) is 16.9. The van der Waals surface area contributed by atoms with Gasteiger partial charge in [-0.15, -0.1) is 0 Å². The highest BCUT2D eigenvalue weighted by Gasteiger charge is 2.14. The molecule has 82 valence electrons. The number of hydrogen-bond acceptors (Lipinski definition) is 2. The Morgan fingerprint density at radius 1 is 1.47 bits per heavy atom. The first-order valence-corrected chi connectivity index (χ1v) is 6.41. The third kappa shape index (κ3) is 2.94. The summed E-state index contributed by atoms with van der Waals surface area (Å²) in [6, 6.07) is 2.10. The van der Waals surface area contributed by atoms with Gasteiger partial charge < -0.3 is 5.32 Å². The van der Waals surface area contributed by atoms with Crippen molar-refractivity contribution in [2.75, 3.05) is 11.9 Å². The lowest BCUT2D eigenvalue weighted by Gasteiger charge is -2.12. The van der Waals surface area contributed by atoms with E-state index < -0.39 is 0 Å². The second-order valence-corrected chi connectivity index (χ2v) is 5.27. The summed E-state index contributed by atoms with van der Waals surface area (Å²) in [7, 11) is 0. The molecule has 0 radical (unpaired) electrons. The quantitative estimate of drug-likeness (QED) is 0.903. The Bertz CT molecular complexity index is 332. The van der Waals surface area contributed by atoms with E-state index in [1.54, 1.807) is 0 Å². The molecular formula is C12H17BrN2.